The summed E-state index contributed by atoms with van der Waals surface area (Å²) in [6, 6.07) is 7.90. The Hall–Kier alpha value is -2.10. The number of benzene rings is 1. The van der Waals surface area contributed by atoms with Crippen molar-refractivity contribution in [2.24, 2.45) is 0 Å². The van der Waals surface area contributed by atoms with Crippen LogP contribution in [0, 0.1) is 0 Å². The molecule has 0 radical (unpaired) electrons. The van der Waals surface area contributed by atoms with Crippen LogP contribution in [0.5, 0.6) is 0 Å². The molecule has 3 rings (SSSR count). The van der Waals surface area contributed by atoms with Crippen LogP contribution < -0.4 is 5.32 Å². The van der Waals surface area contributed by atoms with Gasteiger partial charge in [-0.25, -0.2) is 4.98 Å². The smallest absolute Gasteiger partial charge is 0.251 e. The van der Waals surface area contributed by atoms with Crippen molar-refractivity contribution < 1.29 is 9.21 Å². The van der Waals surface area contributed by atoms with Crippen molar-refractivity contribution in [1.29, 1.82) is 0 Å². The van der Waals surface area contributed by atoms with E-state index in [9.17, 15) is 4.79 Å². The normalized spacial score (nSPS) is 14.7. The zero-order valence-electron chi connectivity index (χ0n) is 12.3. The van der Waals surface area contributed by atoms with Crippen LogP contribution >= 0.6 is 0 Å². The van der Waals surface area contributed by atoms with Gasteiger partial charge in [-0.15, -0.1) is 0 Å². The number of nitrogens with zero attached hydrogens (tertiary/aromatic N) is 1. The van der Waals surface area contributed by atoms with Crippen molar-refractivity contribution in [2.75, 3.05) is 0 Å². The fraction of sp³-hybridized carbons (Fsp3) is 0.412. The summed E-state index contributed by atoms with van der Waals surface area (Å²) in [6.45, 7) is 2.37. The molecule has 110 valence electrons. The molecule has 1 aliphatic carbocycles. The molecule has 4 nitrogen and oxygen atoms in total. The van der Waals surface area contributed by atoms with Crippen LogP contribution in [0.2, 0.25) is 0 Å². The van der Waals surface area contributed by atoms with Crippen molar-refractivity contribution in [1.82, 2.24) is 10.3 Å². The molecule has 1 heterocycles. The molecule has 0 unspecified atom stereocenters. The summed E-state index contributed by atoms with van der Waals surface area (Å²) in [7, 11) is 0. The monoisotopic (exact) mass is 284 g/mol. The molecule has 1 amide bonds. The molecule has 0 atom stereocenters. The Balaban J connectivity index is 1.67. The zero-order chi connectivity index (χ0) is 14.7. The summed E-state index contributed by atoms with van der Waals surface area (Å²) >= 11 is 0. The van der Waals surface area contributed by atoms with Crippen LogP contribution in [0.15, 0.2) is 34.9 Å². The average molecular weight is 284 g/mol. The lowest BCUT2D eigenvalue weighted by molar-refractivity contribution is 0.0945. The molecule has 1 aliphatic rings. The molecule has 1 saturated carbocycles. The summed E-state index contributed by atoms with van der Waals surface area (Å²) in [5, 5.41) is 2.92. The second-order valence-corrected chi connectivity index (χ2v) is 5.47. The standard InChI is InChI=1S/C17H20N2O2/c1-2-16-18-10-13(21-16)11-19-17(20)15-9-4-3-8-14(15)12-6-5-7-12/h3-4,8-10,12H,2,5-7,11H2,1H3,(H,19,20). The third-order valence-corrected chi connectivity index (χ3v) is 4.08. The Kier molecular flexibility index (Phi) is 4.04. The second-order valence-electron chi connectivity index (χ2n) is 5.47. The van der Waals surface area contributed by atoms with Crippen molar-refractivity contribution in [2.45, 2.75) is 45.1 Å². The fourth-order valence-electron chi connectivity index (χ4n) is 2.63. The SMILES string of the molecule is CCc1ncc(CNC(=O)c2ccccc2C2CCC2)o1. The third kappa shape index (κ3) is 2.99. The first kappa shape index (κ1) is 13.9. The summed E-state index contributed by atoms with van der Waals surface area (Å²) < 4.78 is 5.50. The number of carbonyl (C=O) groups excluding carboxylic acids is 1. The zero-order valence-corrected chi connectivity index (χ0v) is 12.3. The van der Waals surface area contributed by atoms with Gasteiger partial charge in [-0.3, -0.25) is 4.79 Å². The number of amides is 1. The van der Waals surface area contributed by atoms with Gasteiger partial charge in [-0.1, -0.05) is 31.5 Å². The van der Waals surface area contributed by atoms with Gasteiger partial charge >= 0.3 is 0 Å². The molecule has 0 spiro atoms. The highest BCUT2D eigenvalue weighted by Gasteiger charge is 2.24. The van der Waals surface area contributed by atoms with E-state index in [-0.39, 0.29) is 5.91 Å². The molecular weight excluding hydrogens is 264 g/mol. The lowest BCUT2D eigenvalue weighted by Gasteiger charge is -2.27. The van der Waals surface area contributed by atoms with E-state index in [4.69, 9.17) is 4.42 Å². The molecule has 0 aliphatic heterocycles. The van der Waals surface area contributed by atoms with Crippen molar-refractivity contribution in [3.05, 3.63) is 53.2 Å². The predicted molar refractivity (Wildman–Crippen MR) is 80.1 cm³/mol. The van der Waals surface area contributed by atoms with E-state index < -0.39 is 0 Å². The van der Waals surface area contributed by atoms with E-state index in [1.54, 1.807) is 6.20 Å². The Morgan fingerprint density at radius 1 is 1.38 bits per heavy atom. The summed E-state index contributed by atoms with van der Waals surface area (Å²) in [4.78, 5) is 16.5. The Morgan fingerprint density at radius 2 is 2.19 bits per heavy atom. The van der Waals surface area contributed by atoms with Gasteiger partial charge in [-0.05, 0) is 30.4 Å². The van der Waals surface area contributed by atoms with Gasteiger partial charge in [0.15, 0.2) is 5.89 Å². The Labute approximate surface area is 124 Å². The van der Waals surface area contributed by atoms with Crippen molar-refractivity contribution in [3.8, 4) is 0 Å². The van der Waals surface area contributed by atoms with Gasteiger partial charge in [0.1, 0.15) is 5.76 Å². The van der Waals surface area contributed by atoms with Gasteiger partial charge in [0.05, 0.1) is 12.7 Å². The van der Waals surface area contributed by atoms with E-state index >= 15 is 0 Å². The molecule has 1 fully saturated rings. The van der Waals surface area contributed by atoms with Gasteiger partial charge in [0.25, 0.3) is 5.91 Å². The highest BCUT2D eigenvalue weighted by Crippen LogP contribution is 2.37. The maximum absolute atomic E-state index is 12.4. The lowest BCUT2D eigenvalue weighted by atomic mass is 9.78. The van der Waals surface area contributed by atoms with Crippen molar-refractivity contribution >= 4 is 5.91 Å². The Morgan fingerprint density at radius 3 is 2.86 bits per heavy atom. The first-order chi connectivity index (χ1) is 10.3. The van der Waals surface area contributed by atoms with Crippen LogP contribution in [0.1, 0.15) is 59.7 Å². The van der Waals surface area contributed by atoms with E-state index in [0.29, 0.717) is 24.1 Å². The molecule has 0 bridgehead atoms. The lowest BCUT2D eigenvalue weighted by Crippen LogP contribution is -2.25. The molecule has 2 aromatic rings. The van der Waals surface area contributed by atoms with Crippen LogP contribution in [-0.2, 0) is 13.0 Å². The number of hydrogen-bond donors (Lipinski definition) is 1. The van der Waals surface area contributed by atoms with Gasteiger partial charge in [0.2, 0.25) is 0 Å². The first-order valence-electron chi connectivity index (χ1n) is 7.58. The van der Waals surface area contributed by atoms with E-state index in [1.165, 1.54) is 24.8 Å². The molecule has 1 aromatic heterocycles. The number of aromatic nitrogens is 1. The van der Waals surface area contributed by atoms with Crippen LogP contribution in [0.3, 0.4) is 0 Å². The van der Waals surface area contributed by atoms with E-state index in [1.807, 2.05) is 25.1 Å². The average Bonchev–Trinajstić information content (AvgIpc) is 2.91. The van der Waals surface area contributed by atoms with Crippen LogP contribution in [0.25, 0.3) is 0 Å². The van der Waals surface area contributed by atoms with Gasteiger partial charge < -0.3 is 9.73 Å². The number of aryl methyl sites for hydroxylation is 1. The second kappa shape index (κ2) is 6.12. The van der Waals surface area contributed by atoms with E-state index in [0.717, 1.165) is 12.0 Å². The minimum atomic E-state index is -0.0352. The Bertz CT molecular complexity index is 629. The molecule has 21 heavy (non-hydrogen) atoms. The van der Waals surface area contributed by atoms with E-state index in [2.05, 4.69) is 16.4 Å². The van der Waals surface area contributed by atoms with Gasteiger partial charge in [-0.2, -0.15) is 0 Å². The fourth-order valence-corrected chi connectivity index (χ4v) is 2.63. The predicted octanol–water partition coefficient (Wildman–Crippen LogP) is 3.43. The maximum Gasteiger partial charge on any atom is 0.251 e. The van der Waals surface area contributed by atoms with Gasteiger partial charge in [0, 0.05) is 12.0 Å². The van der Waals surface area contributed by atoms with Crippen LogP contribution in [0.4, 0.5) is 0 Å². The number of oxazole rings is 1. The number of carbonyl (C=O) groups is 1. The minimum absolute atomic E-state index is 0.0352. The van der Waals surface area contributed by atoms with Crippen LogP contribution in [-0.4, -0.2) is 10.9 Å². The summed E-state index contributed by atoms with van der Waals surface area (Å²) in [6.07, 6.45) is 6.08. The quantitative estimate of drug-likeness (QED) is 0.915. The molecule has 4 heteroatoms. The third-order valence-electron chi connectivity index (χ3n) is 4.08. The number of hydrogen-bond acceptors (Lipinski definition) is 3. The molecule has 0 saturated heterocycles. The topological polar surface area (TPSA) is 55.1 Å². The molecule has 1 aromatic carbocycles. The summed E-state index contributed by atoms with van der Waals surface area (Å²) in [5.41, 5.74) is 1.96. The summed E-state index contributed by atoms with van der Waals surface area (Å²) in [5.74, 6) is 1.91. The minimum Gasteiger partial charge on any atom is -0.444 e. The highest BCUT2D eigenvalue weighted by molar-refractivity contribution is 5.95. The number of nitrogens with one attached hydrogen (secondary N) is 1. The first-order valence-corrected chi connectivity index (χ1v) is 7.58. The largest absolute Gasteiger partial charge is 0.444 e. The number of rotatable bonds is 5. The molecular formula is C17H20N2O2. The maximum atomic E-state index is 12.4. The molecule has 1 N–H and O–H groups in total. The highest BCUT2D eigenvalue weighted by atomic mass is 16.4. The van der Waals surface area contributed by atoms with Crippen molar-refractivity contribution in [3.63, 3.8) is 0 Å².